The molecule has 5 heteroatoms. The number of carbonyl (C=O) groups is 1. The van der Waals surface area contributed by atoms with Crippen LogP contribution in [0.3, 0.4) is 0 Å². The third-order valence-electron chi connectivity index (χ3n) is 1.07. The molecule has 60 valence electrons. The Morgan fingerprint density at radius 2 is 2.30 bits per heavy atom. The second kappa shape index (κ2) is 4.05. The molecule has 2 atom stereocenters. The zero-order valence-electron chi connectivity index (χ0n) is 5.54. The van der Waals surface area contributed by atoms with Gasteiger partial charge in [0.15, 0.2) is 0 Å². The van der Waals surface area contributed by atoms with Crippen LogP contribution in [0.2, 0.25) is 0 Å². The molecule has 0 radical (unpaired) electrons. The maximum atomic E-state index is 12.3. The number of aliphatic hydroxyl groups excluding tert-OH is 1. The van der Waals surface area contributed by atoms with Gasteiger partial charge in [0.25, 0.3) is 0 Å². The molecular weight excluding hydrogens is 141 g/mol. The molecule has 0 unspecified atom stereocenters. The summed E-state index contributed by atoms with van der Waals surface area (Å²) in [4.78, 5) is 9.87. The highest BCUT2D eigenvalue weighted by Gasteiger charge is 2.15. The minimum atomic E-state index is -1.53. The smallest absolute Gasteiger partial charge is 0.404 e. The first-order valence-corrected chi connectivity index (χ1v) is 2.82. The van der Waals surface area contributed by atoms with Crippen LogP contribution >= 0.6 is 0 Å². The van der Waals surface area contributed by atoms with Crippen molar-refractivity contribution in [3.8, 4) is 0 Å². The summed E-state index contributed by atoms with van der Waals surface area (Å²) in [5.74, 6) is 0. The number of hydrogen-bond donors (Lipinski definition) is 3. The largest absolute Gasteiger partial charge is 0.465 e. The first-order valence-electron chi connectivity index (χ1n) is 2.82. The van der Waals surface area contributed by atoms with Gasteiger partial charge in [0.1, 0.15) is 6.17 Å². The molecule has 1 amide bonds. The van der Waals surface area contributed by atoms with E-state index in [-0.39, 0.29) is 0 Å². The van der Waals surface area contributed by atoms with E-state index in [2.05, 4.69) is 0 Å². The number of aliphatic hydroxyl groups is 1. The monoisotopic (exact) mass is 151 g/mol. The Bertz CT molecular complexity index is 119. The van der Waals surface area contributed by atoms with Gasteiger partial charge in [-0.15, -0.1) is 0 Å². The Hall–Kier alpha value is -0.840. The topological polar surface area (TPSA) is 69.6 Å². The van der Waals surface area contributed by atoms with E-state index in [1.54, 1.807) is 0 Å². The first kappa shape index (κ1) is 9.16. The summed E-state index contributed by atoms with van der Waals surface area (Å²) in [5, 5.41) is 18.2. The van der Waals surface area contributed by atoms with E-state index in [1.165, 1.54) is 6.92 Å². The predicted molar refractivity (Wildman–Crippen MR) is 32.6 cm³/mol. The lowest BCUT2D eigenvalue weighted by molar-refractivity contribution is 0.138. The molecule has 0 aliphatic heterocycles. The molecule has 0 saturated heterocycles. The fourth-order valence-electron chi connectivity index (χ4n) is 0.443. The highest BCUT2D eigenvalue weighted by molar-refractivity contribution is 5.64. The Labute approximate surface area is 57.7 Å². The summed E-state index contributed by atoms with van der Waals surface area (Å²) < 4.78 is 12.3. The molecule has 0 heterocycles. The average molecular weight is 151 g/mol. The van der Waals surface area contributed by atoms with Gasteiger partial charge in [0, 0.05) is 0 Å². The highest BCUT2D eigenvalue weighted by Crippen LogP contribution is 1.95. The molecule has 0 aliphatic carbocycles. The molecule has 10 heavy (non-hydrogen) atoms. The van der Waals surface area contributed by atoms with Gasteiger partial charge in [0.05, 0.1) is 12.6 Å². The Kier molecular flexibility index (Phi) is 3.71. The number of hydrogen-bond acceptors (Lipinski definition) is 2. The Balaban J connectivity index is 3.61. The van der Waals surface area contributed by atoms with Gasteiger partial charge < -0.3 is 15.5 Å². The van der Waals surface area contributed by atoms with Crippen molar-refractivity contribution in [1.82, 2.24) is 5.32 Å². The van der Waals surface area contributed by atoms with Gasteiger partial charge >= 0.3 is 6.09 Å². The fourth-order valence-corrected chi connectivity index (χ4v) is 0.443. The van der Waals surface area contributed by atoms with Crippen LogP contribution in [0, 0.1) is 0 Å². The quantitative estimate of drug-likeness (QED) is 0.530. The van der Waals surface area contributed by atoms with Crippen LogP contribution in [-0.2, 0) is 0 Å². The Morgan fingerprint density at radius 1 is 1.80 bits per heavy atom. The minimum Gasteiger partial charge on any atom is -0.465 e. The second-order valence-electron chi connectivity index (χ2n) is 1.94. The van der Waals surface area contributed by atoms with Crippen molar-refractivity contribution in [2.75, 3.05) is 6.61 Å². The zero-order chi connectivity index (χ0) is 8.15. The van der Waals surface area contributed by atoms with E-state index in [0.717, 1.165) is 0 Å². The molecular formula is C5H10FNO3. The lowest BCUT2D eigenvalue weighted by atomic mass is 10.2. The average Bonchev–Trinajstić information content (AvgIpc) is 1.85. The molecule has 0 spiro atoms. The third kappa shape index (κ3) is 3.24. The van der Waals surface area contributed by atoms with Crippen LogP contribution in [0.5, 0.6) is 0 Å². The van der Waals surface area contributed by atoms with Gasteiger partial charge in [0.2, 0.25) is 0 Å². The van der Waals surface area contributed by atoms with Gasteiger partial charge in [-0.2, -0.15) is 0 Å². The summed E-state index contributed by atoms with van der Waals surface area (Å²) in [6.07, 6.45) is -2.82. The molecule has 0 rings (SSSR count). The SMILES string of the molecule is C[C@@H](NC(=O)O)[C@H](F)CO. The van der Waals surface area contributed by atoms with Gasteiger partial charge in [-0.3, -0.25) is 0 Å². The highest BCUT2D eigenvalue weighted by atomic mass is 19.1. The molecule has 0 aromatic heterocycles. The first-order chi connectivity index (χ1) is 4.57. The number of amides is 1. The van der Waals surface area contributed by atoms with Crippen molar-refractivity contribution in [3.63, 3.8) is 0 Å². The van der Waals surface area contributed by atoms with Crippen LogP contribution < -0.4 is 5.32 Å². The fraction of sp³-hybridized carbons (Fsp3) is 0.800. The summed E-state index contributed by atoms with van der Waals surface area (Å²) in [6, 6.07) is -0.859. The maximum absolute atomic E-state index is 12.3. The summed E-state index contributed by atoms with van der Waals surface area (Å²) in [5.41, 5.74) is 0. The van der Waals surface area contributed by atoms with Crippen molar-refractivity contribution in [3.05, 3.63) is 0 Å². The predicted octanol–water partition coefficient (Wildman–Crippen LogP) is -0.0271. The van der Waals surface area contributed by atoms with E-state index in [1.807, 2.05) is 5.32 Å². The molecule has 0 aromatic carbocycles. The number of rotatable bonds is 3. The number of alkyl halides is 1. The zero-order valence-corrected chi connectivity index (χ0v) is 5.54. The van der Waals surface area contributed by atoms with E-state index < -0.39 is 24.9 Å². The molecule has 0 fully saturated rings. The normalized spacial score (nSPS) is 15.9. The minimum absolute atomic E-state index is 0.665. The standard InChI is InChI=1S/C5H10FNO3/c1-3(4(6)2-8)7-5(9)10/h3-4,7-8H,2H2,1H3,(H,9,10)/t3-,4-/m1/s1. The van der Waals surface area contributed by atoms with Crippen LogP contribution in [-0.4, -0.2) is 35.1 Å². The van der Waals surface area contributed by atoms with Crippen LogP contribution in [0.1, 0.15) is 6.92 Å². The van der Waals surface area contributed by atoms with Crippen LogP contribution in [0.15, 0.2) is 0 Å². The third-order valence-corrected chi connectivity index (χ3v) is 1.07. The van der Waals surface area contributed by atoms with Crippen molar-refractivity contribution in [2.24, 2.45) is 0 Å². The number of nitrogens with one attached hydrogen (secondary N) is 1. The van der Waals surface area contributed by atoms with Gasteiger partial charge in [-0.05, 0) is 6.92 Å². The Morgan fingerprint density at radius 3 is 2.60 bits per heavy atom. The lowest BCUT2D eigenvalue weighted by Crippen LogP contribution is -2.39. The summed E-state index contributed by atoms with van der Waals surface area (Å²) >= 11 is 0. The van der Waals surface area contributed by atoms with E-state index in [0.29, 0.717) is 0 Å². The molecule has 0 saturated carbocycles. The molecule has 0 aliphatic rings. The van der Waals surface area contributed by atoms with Crippen molar-refractivity contribution in [2.45, 2.75) is 19.1 Å². The summed E-state index contributed by atoms with van der Waals surface area (Å²) in [7, 11) is 0. The molecule has 0 aromatic rings. The van der Waals surface area contributed by atoms with Gasteiger partial charge in [-0.25, -0.2) is 9.18 Å². The van der Waals surface area contributed by atoms with Crippen LogP contribution in [0.4, 0.5) is 9.18 Å². The lowest BCUT2D eigenvalue weighted by Gasteiger charge is -2.13. The van der Waals surface area contributed by atoms with E-state index >= 15 is 0 Å². The second-order valence-corrected chi connectivity index (χ2v) is 1.94. The van der Waals surface area contributed by atoms with Crippen molar-refractivity contribution < 1.29 is 19.4 Å². The van der Waals surface area contributed by atoms with Crippen molar-refractivity contribution in [1.29, 1.82) is 0 Å². The number of halogens is 1. The van der Waals surface area contributed by atoms with Crippen LogP contribution in [0.25, 0.3) is 0 Å². The van der Waals surface area contributed by atoms with E-state index in [4.69, 9.17) is 10.2 Å². The maximum Gasteiger partial charge on any atom is 0.404 e. The summed E-state index contributed by atoms with van der Waals surface area (Å²) in [6.45, 7) is 0.677. The number of carboxylic acid groups (broad SMARTS) is 1. The van der Waals surface area contributed by atoms with E-state index in [9.17, 15) is 9.18 Å². The molecule has 4 nitrogen and oxygen atoms in total. The van der Waals surface area contributed by atoms with Crippen molar-refractivity contribution >= 4 is 6.09 Å². The molecule has 0 bridgehead atoms. The molecule has 3 N–H and O–H groups in total. The van der Waals surface area contributed by atoms with Gasteiger partial charge in [-0.1, -0.05) is 0 Å².